The van der Waals surface area contributed by atoms with Crippen LogP contribution in [0.4, 0.5) is 0 Å². The number of hydrogen-bond acceptors (Lipinski definition) is 1. The SMILES string of the molecule is S=c1[nH]c2cccc(Cl)c2n1Cc1ccc(Cl)cc1. The number of halogens is 2. The summed E-state index contributed by atoms with van der Waals surface area (Å²) in [6, 6.07) is 13.5. The Morgan fingerprint density at radius 1 is 1.05 bits per heavy atom. The fraction of sp³-hybridized carbons (Fsp3) is 0.0714. The molecule has 1 heterocycles. The van der Waals surface area contributed by atoms with Gasteiger partial charge in [-0.2, -0.15) is 0 Å². The lowest BCUT2D eigenvalue weighted by Crippen LogP contribution is -1.99. The first kappa shape index (κ1) is 12.7. The summed E-state index contributed by atoms with van der Waals surface area (Å²) in [6.07, 6.45) is 0. The van der Waals surface area contributed by atoms with Crippen LogP contribution in [0.2, 0.25) is 10.0 Å². The van der Waals surface area contributed by atoms with Crippen LogP contribution in [0.25, 0.3) is 11.0 Å². The lowest BCUT2D eigenvalue weighted by atomic mass is 10.2. The quantitative estimate of drug-likeness (QED) is 0.657. The minimum atomic E-state index is 0.665. The first-order valence-corrected chi connectivity index (χ1v) is 6.93. The molecule has 0 bridgehead atoms. The van der Waals surface area contributed by atoms with Gasteiger partial charge in [0, 0.05) is 5.02 Å². The highest BCUT2D eigenvalue weighted by Gasteiger charge is 2.08. The fourth-order valence-corrected chi connectivity index (χ4v) is 2.77. The Morgan fingerprint density at radius 2 is 1.79 bits per heavy atom. The molecule has 0 fully saturated rings. The van der Waals surface area contributed by atoms with Crippen molar-refractivity contribution in [2.45, 2.75) is 6.54 Å². The van der Waals surface area contributed by atoms with E-state index in [0.29, 0.717) is 16.3 Å². The van der Waals surface area contributed by atoms with Gasteiger partial charge in [-0.05, 0) is 42.0 Å². The molecule has 96 valence electrons. The highest BCUT2D eigenvalue weighted by atomic mass is 35.5. The van der Waals surface area contributed by atoms with Crippen LogP contribution in [0, 0.1) is 4.77 Å². The van der Waals surface area contributed by atoms with Crippen LogP contribution >= 0.6 is 35.4 Å². The number of para-hydroxylation sites is 1. The first-order valence-electron chi connectivity index (χ1n) is 5.76. The molecular formula is C14H10Cl2N2S. The van der Waals surface area contributed by atoms with Gasteiger partial charge in [-0.15, -0.1) is 0 Å². The third-order valence-electron chi connectivity index (χ3n) is 3.00. The third kappa shape index (κ3) is 2.41. The van der Waals surface area contributed by atoms with Gasteiger partial charge in [0.15, 0.2) is 4.77 Å². The maximum atomic E-state index is 6.26. The zero-order valence-corrected chi connectivity index (χ0v) is 12.2. The van der Waals surface area contributed by atoms with Gasteiger partial charge in [0.05, 0.1) is 22.6 Å². The van der Waals surface area contributed by atoms with E-state index in [1.807, 2.05) is 47.0 Å². The van der Waals surface area contributed by atoms with Gasteiger partial charge < -0.3 is 9.55 Å². The maximum Gasteiger partial charge on any atom is 0.178 e. The van der Waals surface area contributed by atoms with Gasteiger partial charge in [0.1, 0.15) is 0 Å². The Labute approximate surface area is 125 Å². The molecule has 0 unspecified atom stereocenters. The van der Waals surface area contributed by atoms with E-state index < -0.39 is 0 Å². The molecule has 0 aliphatic carbocycles. The standard InChI is InChI=1S/C14H10Cl2N2S/c15-10-6-4-9(5-7-10)8-18-13-11(16)2-1-3-12(13)17-14(18)19/h1-7H,8H2,(H,17,19). The van der Waals surface area contributed by atoms with E-state index in [2.05, 4.69) is 4.98 Å². The zero-order chi connectivity index (χ0) is 13.4. The zero-order valence-electron chi connectivity index (χ0n) is 9.86. The second kappa shape index (κ2) is 5.00. The molecule has 0 aliphatic rings. The molecule has 2 nitrogen and oxygen atoms in total. The number of fused-ring (bicyclic) bond motifs is 1. The topological polar surface area (TPSA) is 20.7 Å². The Bertz CT molecular complexity index is 787. The van der Waals surface area contributed by atoms with Crippen LogP contribution in [-0.2, 0) is 6.54 Å². The van der Waals surface area contributed by atoms with Gasteiger partial charge in [0.25, 0.3) is 0 Å². The number of imidazole rings is 1. The van der Waals surface area contributed by atoms with Crippen molar-refractivity contribution in [3.63, 3.8) is 0 Å². The van der Waals surface area contributed by atoms with Crippen molar-refractivity contribution in [1.82, 2.24) is 9.55 Å². The Hall–Kier alpha value is -1.29. The van der Waals surface area contributed by atoms with Crippen LogP contribution in [0.1, 0.15) is 5.56 Å². The van der Waals surface area contributed by atoms with Crippen molar-refractivity contribution in [3.8, 4) is 0 Å². The average Bonchev–Trinajstić information content (AvgIpc) is 2.70. The molecule has 0 spiro atoms. The lowest BCUT2D eigenvalue weighted by Gasteiger charge is -2.06. The second-order valence-electron chi connectivity index (χ2n) is 4.28. The summed E-state index contributed by atoms with van der Waals surface area (Å²) in [7, 11) is 0. The summed E-state index contributed by atoms with van der Waals surface area (Å²) in [4.78, 5) is 3.17. The molecule has 2 aromatic carbocycles. The smallest absolute Gasteiger partial charge is 0.178 e. The Kier molecular flexibility index (Phi) is 3.35. The van der Waals surface area contributed by atoms with Crippen LogP contribution in [-0.4, -0.2) is 9.55 Å². The van der Waals surface area contributed by atoms with Crippen molar-refractivity contribution >= 4 is 46.5 Å². The van der Waals surface area contributed by atoms with Gasteiger partial charge >= 0.3 is 0 Å². The molecule has 0 radical (unpaired) electrons. The number of nitrogens with zero attached hydrogens (tertiary/aromatic N) is 1. The van der Waals surface area contributed by atoms with Crippen LogP contribution in [0.15, 0.2) is 42.5 Å². The molecular weight excluding hydrogens is 299 g/mol. The van der Waals surface area contributed by atoms with E-state index in [1.54, 1.807) is 0 Å². The summed E-state index contributed by atoms with van der Waals surface area (Å²) in [5.74, 6) is 0. The predicted molar refractivity (Wildman–Crippen MR) is 82.7 cm³/mol. The summed E-state index contributed by atoms with van der Waals surface area (Å²) in [5, 5.41) is 1.42. The summed E-state index contributed by atoms with van der Waals surface area (Å²) in [6.45, 7) is 0.666. The summed E-state index contributed by atoms with van der Waals surface area (Å²) >= 11 is 17.5. The number of aromatic amines is 1. The lowest BCUT2D eigenvalue weighted by molar-refractivity contribution is 0.810. The molecule has 0 saturated heterocycles. The van der Waals surface area contributed by atoms with Crippen molar-refractivity contribution in [2.75, 3.05) is 0 Å². The summed E-state index contributed by atoms with van der Waals surface area (Å²) < 4.78 is 2.66. The van der Waals surface area contributed by atoms with Crippen molar-refractivity contribution in [1.29, 1.82) is 0 Å². The van der Waals surface area contributed by atoms with Crippen molar-refractivity contribution < 1.29 is 0 Å². The largest absolute Gasteiger partial charge is 0.331 e. The molecule has 3 rings (SSSR count). The number of nitrogens with one attached hydrogen (secondary N) is 1. The van der Waals surface area contributed by atoms with Crippen molar-refractivity contribution in [3.05, 3.63) is 62.8 Å². The molecule has 3 aromatic rings. The highest BCUT2D eigenvalue weighted by molar-refractivity contribution is 7.71. The van der Waals surface area contributed by atoms with E-state index in [0.717, 1.165) is 21.6 Å². The highest BCUT2D eigenvalue weighted by Crippen LogP contribution is 2.24. The molecule has 1 N–H and O–H groups in total. The van der Waals surface area contributed by atoms with Crippen LogP contribution in [0.5, 0.6) is 0 Å². The van der Waals surface area contributed by atoms with E-state index >= 15 is 0 Å². The molecule has 1 aromatic heterocycles. The van der Waals surface area contributed by atoms with Crippen LogP contribution in [0.3, 0.4) is 0 Å². The predicted octanol–water partition coefficient (Wildman–Crippen LogP) is 5.05. The number of aromatic nitrogens is 2. The fourth-order valence-electron chi connectivity index (χ4n) is 2.10. The van der Waals surface area contributed by atoms with Crippen LogP contribution < -0.4 is 0 Å². The van der Waals surface area contributed by atoms with E-state index in [4.69, 9.17) is 35.4 Å². The molecule has 0 atom stereocenters. The Morgan fingerprint density at radius 3 is 2.53 bits per heavy atom. The van der Waals surface area contributed by atoms with E-state index in [-0.39, 0.29) is 0 Å². The van der Waals surface area contributed by atoms with Gasteiger partial charge in [-0.1, -0.05) is 41.4 Å². The monoisotopic (exact) mass is 308 g/mol. The van der Waals surface area contributed by atoms with Gasteiger partial charge in [-0.3, -0.25) is 0 Å². The average molecular weight is 309 g/mol. The maximum absolute atomic E-state index is 6.26. The molecule has 0 saturated carbocycles. The minimum Gasteiger partial charge on any atom is -0.331 e. The number of benzene rings is 2. The minimum absolute atomic E-state index is 0.665. The molecule has 5 heteroatoms. The van der Waals surface area contributed by atoms with E-state index in [9.17, 15) is 0 Å². The normalized spacial score (nSPS) is 11.1. The van der Waals surface area contributed by atoms with Gasteiger partial charge in [-0.25, -0.2) is 0 Å². The number of hydrogen-bond donors (Lipinski definition) is 1. The second-order valence-corrected chi connectivity index (χ2v) is 5.51. The number of H-pyrrole nitrogens is 1. The van der Waals surface area contributed by atoms with E-state index in [1.165, 1.54) is 0 Å². The summed E-state index contributed by atoms with van der Waals surface area (Å²) in [5.41, 5.74) is 3.01. The molecule has 0 aliphatic heterocycles. The first-order chi connectivity index (χ1) is 9.15. The number of rotatable bonds is 2. The van der Waals surface area contributed by atoms with Gasteiger partial charge in [0.2, 0.25) is 0 Å². The Balaban J connectivity index is 2.12. The molecule has 0 amide bonds. The van der Waals surface area contributed by atoms with Crippen molar-refractivity contribution in [2.24, 2.45) is 0 Å². The molecule has 19 heavy (non-hydrogen) atoms. The third-order valence-corrected chi connectivity index (χ3v) is 3.88.